The van der Waals surface area contributed by atoms with E-state index in [-0.39, 0.29) is 0 Å². The first-order valence-corrected chi connectivity index (χ1v) is 6.06. The Morgan fingerprint density at radius 1 is 1.39 bits per heavy atom. The number of para-hydroxylation sites is 1. The molecule has 1 aromatic carbocycles. The van der Waals surface area contributed by atoms with Crippen LogP contribution in [0.4, 0.5) is 0 Å². The monoisotopic (exact) mass is 245 g/mol. The molecule has 0 saturated heterocycles. The van der Waals surface area contributed by atoms with Crippen LogP contribution in [0.5, 0.6) is 5.75 Å². The number of hydrogen-bond donors (Lipinski definition) is 1. The molecule has 5 nitrogen and oxygen atoms in total. The molecular weight excluding hydrogens is 230 g/mol. The van der Waals surface area contributed by atoms with E-state index in [1.807, 2.05) is 24.3 Å². The van der Waals surface area contributed by atoms with Gasteiger partial charge in [0.2, 0.25) is 0 Å². The number of ether oxygens (including phenoxy) is 1. The fourth-order valence-corrected chi connectivity index (χ4v) is 2.27. The Balaban J connectivity index is 2.07. The second kappa shape index (κ2) is 4.42. The molecule has 0 radical (unpaired) electrons. The number of benzene rings is 1. The molecule has 0 amide bonds. The van der Waals surface area contributed by atoms with Crippen LogP contribution in [0.3, 0.4) is 0 Å². The molecule has 0 saturated carbocycles. The Labute approximate surface area is 105 Å². The number of hydrogen-bond acceptors (Lipinski definition) is 4. The van der Waals surface area contributed by atoms with Crippen molar-refractivity contribution in [2.24, 2.45) is 0 Å². The highest BCUT2D eigenvalue weighted by atomic mass is 16.5. The minimum atomic E-state index is -0.551. The molecule has 1 aliphatic rings. The van der Waals surface area contributed by atoms with Crippen LogP contribution >= 0.6 is 0 Å². The molecule has 18 heavy (non-hydrogen) atoms. The van der Waals surface area contributed by atoms with Crippen LogP contribution in [0.25, 0.3) is 11.4 Å². The number of aryl methyl sites for hydroxylation is 1. The molecule has 1 atom stereocenters. The van der Waals surface area contributed by atoms with E-state index in [0.717, 1.165) is 36.4 Å². The van der Waals surface area contributed by atoms with Gasteiger partial charge in [0, 0.05) is 6.42 Å². The van der Waals surface area contributed by atoms with Crippen molar-refractivity contribution in [1.82, 2.24) is 14.8 Å². The number of methoxy groups -OCH3 is 1. The van der Waals surface area contributed by atoms with E-state index in [0.29, 0.717) is 5.82 Å². The van der Waals surface area contributed by atoms with Gasteiger partial charge in [-0.3, -0.25) is 0 Å². The number of rotatable bonds is 2. The van der Waals surface area contributed by atoms with Gasteiger partial charge in [0.25, 0.3) is 0 Å². The van der Waals surface area contributed by atoms with Crippen LogP contribution in [0.15, 0.2) is 24.3 Å². The fraction of sp³-hybridized carbons (Fsp3) is 0.385. The van der Waals surface area contributed by atoms with E-state index in [1.54, 1.807) is 11.8 Å². The van der Waals surface area contributed by atoms with Crippen molar-refractivity contribution in [2.75, 3.05) is 7.11 Å². The molecule has 1 aromatic heterocycles. The smallest absolute Gasteiger partial charge is 0.185 e. The van der Waals surface area contributed by atoms with E-state index in [4.69, 9.17) is 4.74 Å². The second-order valence-electron chi connectivity index (χ2n) is 4.37. The first-order valence-electron chi connectivity index (χ1n) is 6.06. The highest BCUT2D eigenvalue weighted by molar-refractivity contribution is 5.63. The van der Waals surface area contributed by atoms with Crippen molar-refractivity contribution in [3.8, 4) is 17.1 Å². The normalized spacial score (nSPS) is 18.4. The number of aliphatic hydroxyl groups is 1. The van der Waals surface area contributed by atoms with E-state index in [2.05, 4.69) is 10.1 Å². The van der Waals surface area contributed by atoms with E-state index >= 15 is 0 Å². The van der Waals surface area contributed by atoms with Gasteiger partial charge in [-0.15, -0.1) is 5.10 Å². The Morgan fingerprint density at radius 3 is 3.00 bits per heavy atom. The predicted octanol–water partition coefficient (Wildman–Crippen LogP) is 1.78. The standard InChI is InChI=1S/C13H15N3O2/c1-18-10-6-3-2-5-9(10)13-14-11-7-4-8-12(17)16(11)15-13/h2-3,5-6,12,17H,4,7-8H2,1H3. The summed E-state index contributed by atoms with van der Waals surface area (Å²) in [7, 11) is 1.63. The molecule has 0 aliphatic carbocycles. The molecule has 94 valence electrons. The lowest BCUT2D eigenvalue weighted by molar-refractivity contribution is 0.0648. The molecule has 3 rings (SSSR count). The zero-order valence-corrected chi connectivity index (χ0v) is 10.2. The van der Waals surface area contributed by atoms with Crippen molar-refractivity contribution in [2.45, 2.75) is 25.5 Å². The summed E-state index contributed by atoms with van der Waals surface area (Å²) in [6.45, 7) is 0. The van der Waals surface area contributed by atoms with Gasteiger partial charge in [0.1, 0.15) is 17.8 Å². The minimum Gasteiger partial charge on any atom is -0.496 e. The fourth-order valence-electron chi connectivity index (χ4n) is 2.27. The Kier molecular flexibility index (Phi) is 2.76. The zero-order chi connectivity index (χ0) is 12.5. The third-order valence-electron chi connectivity index (χ3n) is 3.19. The van der Waals surface area contributed by atoms with Gasteiger partial charge in [-0.25, -0.2) is 9.67 Å². The topological polar surface area (TPSA) is 60.2 Å². The number of aliphatic hydroxyl groups excluding tert-OH is 1. The van der Waals surface area contributed by atoms with Crippen molar-refractivity contribution in [3.05, 3.63) is 30.1 Å². The van der Waals surface area contributed by atoms with Crippen molar-refractivity contribution < 1.29 is 9.84 Å². The summed E-state index contributed by atoms with van der Waals surface area (Å²) in [6, 6.07) is 7.64. The van der Waals surface area contributed by atoms with Gasteiger partial charge < -0.3 is 9.84 Å². The minimum absolute atomic E-state index is 0.551. The van der Waals surface area contributed by atoms with Crippen LogP contribution in [0, 0.1) is 0 Å². The van der Waals surface area contributed by atoms with E-state index in [9.17, 15) is 5.11 Å². The Bertz CT molecular complexity index is 565. The number of fused-ring (bicyclic) bond motifs is 1. The van der Waals surface area contributed by atoms with Crippen molar-refractivity contribution >= 4 is 0 Å². The summed E-state index contributed by atoms with van der Waals surface area (Å²) >= 11 is 0. The first-order chi connectivity index (χ1) is 8.79. The van der Waals surface area contributed by atoms with E-state index in [1.165, 1.54) is 0 Å². The molecule has 0 bridgehead atoms. The molecule has 5 heteroatoms. The van der Waals surface area contributed by atoms with Gasteiger partial charge in [-0.2, -0.15) is 0 Å². The predicted molar refractivity (Wildman–Crippen MR) is 66.2 cm³/mol. The van der Waals surface area contributed by atoms with E-state index < -0.39 is 6.23 Å². The maximum Gasteiger partial charge on any atom is 0.185 e. The summed E-state index contributed by atoms with van der Waals surface area (Å²) in [5.41, 5.74) is 0.856. The third kappa shape index (κ3) is 1.76. The average molecular weight is 245 g/mol. The van der Waals surface area contributed by atoms with Gasteiger partial charge >= 0.3 is 0 Å². The quantitative estimate of drug-likeness (QED) is 0.876. The molecule has 1 aliphatic heterocycles. The van der Waals surface area contributed by atoms with Gasteiger partial charge in [-0.1, -0.05) is 12.1 Å². The molecule has 1 N–H and O–H groups in total. The van der Waals surface area contributed by atoms with Gasteiger partial charge in [0.05, 0.1) is 12.7 Å². The summed E-state index contributed by atoms with van der Waals surface area (Å²) in [6.07, 6.45) is 2.00. The summed E-state index contributed by atoms with van der Waals surface area (Å²) in [4.78, 5) is 4.49. The molecule has 0 spiro atoms. The van der Waals surface area contributed by atoms with Crippen LogP contribution in [0.2, 0.25) is 0 Å². The first kappa shape index (κ1) is 11.2. The van der Waals surface area contributed by atoms with Gasteiger partial charge in [0.15, 0.2) is 5.82 Å². The zero-order valence-electron chi connectivity index (χ0n) is 10.2. The van der Waals surface area contributed by atoms with Crippen molar-refractivity contribution in [3.63, 3.8) is 0 Å². The largest absolute Gasteiger partial charge is 0.496 e. The van der Waals surface area contributed by atoms with Crippen molar-refractivity contribution in [1.29, 1.82) is 0 Å². The highest BCUT2D eigenvalue weighted by Crippen LogP contribution is 2.29. The maximum absolute atomic E-state index is 9.88. The average Bonchev–Trinajstić information content (AvgIpc) is 2.84. The Morgan fingerprint density at radius 2 is 2.22 bits per heavy atom. The van der Waals surface area contributed by atoms with Crippen LogP contribution in [-0.2, 0) is 6.42 Å². The van der Waals surface area contributed by atoms with Crippen LogP contribution < -0.4 is 4.74 Å². The summed E-state index contributed by atoms with van der Waals surface area (Å²) in [5, 5.41) is 14.3. The summed E-state index contributed by atoms with van der Waals surface area (Å²) in [5.74, 6) is 2.20. The molecular formula is C13H15N3O2. The lowest BCUT2D eigenvalue weighted by Gasteiger charge is -2.17. The SMILES string of the molecule is COc1ccccc1-c1nc2n(n1)C(O)CCC2. The van der Waals surface area contributed by atoms with Crippen LogP contribution in [-0.4, -0.2) is 27.0 Å². The lowest BCUT2D eigenvalue weighted by atomic mass is 10.1. The molecule has 0 fully saturated rings. The number of nitrogens with zero attached hydrogens (tertiary/aromatic N) is 3. The molecule has 2 heterocycles. The summed E-state index contributed by atoms with van der Waals surface area (Å²) < 4.78 is 6.92. The number of aromatic nitrogens is 3. The molecule has 1 unspecified atom stereocenters. The van der Waals surface area contributed by atoms with Gasteiger partial charge in [-0.05, 0) is 25.0 Å². The highest BCUT2D eigenvalue weighted by Gasteiger charge is 2.22. The van der Waals surface area contributed by atoms with Crippen LogP contribution in [0.1, 0.15) is 24.9 Å². The molecule has 2 aromatic rings. The second-order valence-corrected chi connectivity index (χ2v) is 4.37. The Hall–Kier alpha value is -1.88. The third-order valence-corrected chi connectivity index (χ3v) is 3.19. The lowest BCUT2D eigenvalue weighted by Crippen LogP contribution is -2.18. The maximum atomic E-state index is 9.88.